The number of amides is 3. The molecule has 6 nitrogen and oxygen atoms in total. The number of carbonyl (C=O) groups excluding carboxylic acids is 2. The first kappa shape index (κ1) is 17.3. The van der Waals surface area contributed by atoms with E-state index >= 15 is 0 Å². The Balaban J connectivity index is 1.79. The summed E-state index contributed by atoms with van der Waals surface area (Å²) in [5.74, 6) is 0.529. The number of likely N-dealkylation sites (tertiary alicyclic amines) is 1. The lowest BCUT2D eigenvalue weighted by molar-refractivity contribution is -0.115. The van der Waals surface area contributed by atoms with Crippen molar-refractivity contribution < 1.29 is 9.59 Å². The molecule has 1 saturated heterocycles. The van der Waals surface area contributed by atoms with Crippen molar-refractivity contribution in [1.29, 1.82) is 0 Å². The van der Waals surface area contributed by atoms with Gasteiger partial charge in [-0.1, -0.05) is 19.1 Å². The van der Waals surface area contributed by atoms with Gasteiger partial charge < -0.3 is 16.0 Å². The molecule has 3 N–H and O–H groups in total. The zero-order chi connectivity index (χ0) is 16.7. The van der Waals surface area contributed by atoms with Gasteiger partial charge in [-0.15, -0.1) is 0 Å². The molecule has 0 bridgehead atoms. The molecule has 1 aromatic carbocycles. The monoisotopic (exact) mass is 318 g/mol. The molecule has 2 rings (SSSR count). The second-order valence-electron chi connectivity index (χ2n) is 6.16. The maximum absolute atomic E-state index is 11.7. The van der Waals surface area contributed by atoms with Crippen LogP contribution in [-0.2, 0) is 11.3 Å². The molecule has 1 aliphatic heterocycles. The van der Waals surface area contributed by atoms with E-state index in [2.05, 4.69) is 27.8 Å². The highest BCUT2D eigenvalue weighted by Gasteiger charge is 2.16. The SMILES string of the molecule is CNC(=O)NCC(=O)Nc1ccc(CN2CCCC(C)C2)cc1. The number of nitrogens with zero attached hydrogens (tertiary/aromatic N) is 1. The van der Waals surface area contributed by atoms with Crippen molar-refractivity contribution in [2.24, 2.45) is 5.92 Å². The largest absolute Gasteiger partial charge is 0.341 e. The van der Waals surface area contributed by atoms with E-state index in [-0.39, 0.29) is 18.5 Å². The topological polar surface area (TPSA) is 73.5 Å². The number of hydrogen-bond donors (Lipinski definition) is 3. The van der Waals surface area contributed by atoms with Crippen LogP contribution < -0.4 is 16.0 Å². The second kappa shape index (κ2) is 8.53. The quantitative estimate of drug-likeness (QED) is 0.775. The lowest BCUT2D eigenvalue weighted by atomic mass is 10.00. The number of piperidine rings is 1. The third kappa shape index (κ3) is 5.90. The van der Waals surface area contributed by atoms with E-state index in [1.165, 1.54) is 25.5 Å². The number of anilines is 1. The Labute approximate surface area is 137 Å². The van der Waals surface area contributed by atoms with Gasteiger partial charge >= 0.3 is 6.03 Å². The van der Waals surface area contributed by atoms with Crippen LogP contribution in [0.25, 0.3) is 0 Å². The van der Waals surface area contributed by atoms with E-state index < -0.39 is 0 Å². The van der Waals surface area contributed by atoms with E-state index in [1.54, 1.807) is 0 Å². The zero-order valence-corrected chi connectivity index (χ0v) is 13.9. The van der Waals surface area contributed by atoms with Gasteiger partial charge in [-0.3, -0.25) is 9.69 Å². The summed E-state index contributed by atoms with van der Waals surface area (Å²) in [5.41, 5.74) is 1.99. The van der Waals surface area contributed by atoms with E-state index in [0.29, 0.717) is 0 Å². The van der Waals surface area contributed by atoms with Crippen LogP contribution in [0, 0.1) is 5.92 Å². The molecule has 1 heterocycles. The van der Waals surface area contributed by atoms with Crippen molar-refractivity contribution in [3.05, 3.63) is 29.8 Å². The van der Waals surface area contributed by atoms with Gasteiger partial charge in [0.05, 0.1) is 6.54 Å². The summed E-state index contributed by atoms with van der Waals surface area (Å²) in [6.07, 6.45) is 2.60. The van der Waals surface area contributed by atoms with Crippen LogP contribution in [0.1, 0.15) is 25.3 Å². The van der Waals surface area contributed by atoms with Crippen molar-refractivity contribution >= 4 is 17.6 Å². The molecule has 1 aliphatic rings. The van der Waals surface area contributed by atoms with Crippen LogP contribution in [0.2, 0.25) is 0 Å². The predicted molar refractivity (Wildman–Crippen MR) is 91.2 cm³/mol. The molecule has 0 radical (unpaired) electrons. The summed E-state index contributed by atoms with van der Waals surface area (Å²) in [6.45, 7) is 5.53. The van der Waals surface area contributed by atoms with E-state index in [0.717, 1.165) is 31.2 Å². The Kier molecular flexibility index (Phi) is 6.40. The molecule has 0 aromatic heterocycles. The van der Waals surface area contributed by atoms with Gasteiger partial charge in [0.2, 0.25) is 5.91 Å². The van der Waals surface area contributed by atoms with Gasteiger partial charge in [0, 0.05) is 25.8 Å². The highest BCUT2D eigenvalue weighted by Crippen LogP contribution is 2.18. The zero-order valence-electron chi connectivity index (χ0n) is 13.9. The molecule has 1 unspecified atom stereocenters. The van der Waals surface area contributed by atoms with Crippen molar-refractivity contribution in [3.63, 3.8) is 0 Å². The fraction of sp³-hybridized carbons (Fsp3) is 0.529. The molecule has 6 heteroatoms. The summed E-state index contributed by atoms with van der Waals surface area (Å²) in [5, 5.41) is 7.62. The number of carbonyl (C=O) groups is 2. The first-order valence-corrected chi connectivity index (χ1v) is 8.13. The highest BCUT2D eigenvalue weighted by atomic mass is 16.2. The van der Waals surface area contributed by atoms with Crippen molar-refractivity contribution in [2.75, 3.05) is 32.0 Å². The minimum Gasteiger partial charge on any atom is -0.341 e. The van der Waals surface area contributed by atoms with Gasteiger partial charge in [0.15, 0.2) is 0 Å². The van der Waals surface area contributed by atoms with Gasteiger partial charge in [0.1, 0.15) is 0 Å². The van der Waals surface area contributed by atoms with Gasteiger partial charge in [-0.25, -0.2) is 4.79 Å². The molecule has 126 valence electrons. The number of rotatable bonds is 5. The Morgan fingerprint density at radius 1 is 1.26 bits per heavy atom. The van der Waals surface area contributed by atoms with Crippen LogP contribution in [0.4, 0.5) is 10.5 Å². The standard InChI is InChI=1S/C17H26N4O2/c1-13-4-3-9-21(11-13)12-14-5-7-15(8-6-14)20-16(22)10-19-17(23)18-2/h5-8,13H,3-4,9-12H2,1-2H3,(H,20,22)(H2,18,19,23). The molecular formula is C17H26N4O2. The van der Waals surface area contributed by atoms with Crippen molar-refractivity contribution in [3.8, 4) is 0 Å². The summed E-state index contributed by atoms with van der Waals surface area (Å²) in [6, 6.07) is 7.52. The average molecular weight is 318 g/mol. The Bertz CT molecular complexity index is 530. The molecule has 0 saturated carbocycles. The fourth-order valence-corrected chi connectivity index (χ4v) is 2.84. The smallest absolute Gasteiger partial charge is 0.314 e. The normalized spacial score (nSPS) is 18.3. The molecule has 0 aliphatic carbocycles. The van der Waals surface area contributed by atoms with Crippen LogP contribution in [0.5, 0.6) is 0 Å². The molecule has 23 heavy (non-hydrogen) atoms. The highest BCUT2D eigenvalue weighted by molar-refractivity contribution is 5.94. The minimum absolute atomic E-state index is 0.0485. The van der Waals surface area contributed by atoms with Crippen molar-refractivity contribution in [2.45, 2.75) is 26.3 Å². The van der Waals surface area contributed by atoms with Crippen LogP contribution in [0.3, 0.4) is 0 Å². The molecular weight excluding hydrogens is 292 g/mol. The first-order chi connectivity index (χ1) is 11.1. The molecule has 3 amide bonds. The third-order valence-electron chi connectivity index (χ3n) is 4.02. The Morgan fingerprint density at radius 2 is 2.00 bits per heavy atom. The number of urea groups is 1. The fourth-order valence-electron chi connectivity index (χ4n) is 2.84. The van der Waals surface area contributed by atoms with Gasteiger partial charge in [0.25, 0.3) is 0 Å². The minimum atomic E-state index is -0.369. The predicted octanol–water partition coefficient (Wildman–Crippen LogP) is 1.79. The average Bonchev–Trinajstić information content (AvgIpc) is 2.54. The maximum atomic E-state index is 11.7. The van der Waals surface area contributed by atoms with E-state index in [1.807, 2.05) is 24.3 Å². The summed E-state index contributed by atoms with van der Waals surface area (Å²) < 4.78 is 0. The van der Waals surface area contributed by atoms with Crippen molar-refractivity contribution in [1.82, 2.24) is 15.5 Å². The Hall–Kier alpha value is -2.08. The van der Waals surface area contributed by atoms with Crippen LogP contribution >= 0.6 is 0 Å². The third-order valence-corrected chi connectivity index (χ3v) is 4.02. The van der Waals surface area contributed by atoms with Crippen LogP contribution in [-0.4, -0.2) is 43.5 Å². The lowest BCUT2D eigenvalue weighted by Gasteiger charge is -2.30. The molecule has 0 spiro atoms. The van der Waals surface area contributed by atoms with Gasteiger partial charge in [-0.2, -0.15) is 0 Å². The summed E-state index contributed by atoms with van der Waals surface area (Å²) in [4.78, 5) is 25.2. The second-order valence-corrected chi connectivity index (χ2v) is 6.16. The molecule has 1 aromatic rings. The van der Waals surface area contributed by atoms with Gasteiger partial charge in [-0.05, 0) is 43.0 Å². The molecule has 1 atom stereocenters. The summed E-state index contributed by atoms with van der Waals surface area (Å²) in [7, 11) is 1.51. The lowest BCUT2D eigenvalue weighted by Crippen LogP contribution is -2.38. The van der Waals surface area contributed by atoms with E-state index in [4.69, 9.17) is 0 Å². The number of nitrogens with one attached hydrogen (secondary N) is 3. The number of hydrogen-bond acceptors (Lipinski definition) is 3. The van der Waals surface area contributed by atoms with E-state index in [9.17, 15) is 9.59 Å². The summed E-state index contributed by atoms with van der Waals surface area (Å²) >= 11 is 0. The first-order valence-electron chi connectivity index (χ1n) is 8.13. The number of benzene rings is 1. The Morgan fingerprint density at radius 3 is 2.65 bits per heavy atom. The maximum Gasteiger partial charge on any atom is 0.314 e. The molecule has 1 fully saturated rings. The van der Waals surface area contributed by atoms with Crippen LogP contribution in [0.15, 0.2) is 24.3 Å².